The van der Waals surface area contributed by atoms with Crippen LogP contribution in [0.25, 0.3) is 5.57 Å². The lowest BCUT2D eigenvalue weighted by atomic mass is 10.00. The minimum atomic E-state index is -3.15. The number of halogens is 1. The fraction of sp³-hybridized carbons (Fsp3) is 0.333. The van der Waals surface area contributed by atoms with Gasteiger partial charge in [-0.05, 0) is 18.1 Å². The quantitative estimate of drug-likeness (QED) is 0.809. The molecule has 0 N–H and O–H groups in total. The summed E-state index contributed by atoms with van der Waals surface area (Å²) in [5.74, 6) is -0.258. The summed E-state index contributed by atoms with van der Waals surface area (Å²) in [5, 5.41) is 0. The molecule has 0 saturated heterocycles. The molecule has 1 aromatic carbocycles. The number of nitrogens with zero attached hydrogens (tertiary/aromatic N) is 1. The number of hydrogen-bond acceptors (Lipinski definition) is 2. The number of sulfonamides is 1. The van der Waals surface area contributed by atoms with E-state index in [2.05, 4.69) is 0 Å². The first-order valence-electron chi connectivity index (χ1n) is 5.37. The highest BCUT2D eigenvalue weighted by atomic mass is 32.2. The third kappa shape index (κ3) is 2.73. The molecular formula is C12H14FNO2S. The molecule has 0 spiro atoms. The summed E-state index contributed by atoms with van der Waals surface area (Å²) >= 11 is 0. The molecule has 0 saturated carbocycles. The molecule has 0 radical (unpaired) electrons. The van der Waals surface area contributed by atoms with Crippen molar-refractivity contribution in [1.29, 1.82) is 0 Å². The van der Waals surface area contributed by atoms with Gasteiger partial charge in [-0.2, -0.15) is 4.31 Å². The van der Waals surface area contributed by atoms with Crippen molar-refractivity contribution < 1.29 is 12.8 Å². The topological polar surface area (TPSA) is 37.4 Å². The van der Waals surface area contributed by atoms with Crippen LogP contribution in [0, 0.1) is 5.82 Å². The van der Waals surface area contributed by atoms with E-state index in [-0.39, 0.29) is 5.82 Å². The normalized spacial score (nSPS) is 17.9. The monoisotopic (exact) mass is 255 g/mol. The molecule has 2 rings (SSSR count). The zero-order valence-corrected chi connectivity index (χ0v) is 10.4. The Hall–Kier alpha value is -1.20. The van der Waals surface area contributed by atoms with Gasteiger partial charge in [-0.15, -0.1) is 0 Å². The fourth-order valence-corrected chi connectivity index (χ4v) is 2.69. The molecule has 17 heavy (non-hydrogen) atoms. The first kappa shape index (κ1) is 12.3. The van der Waals surface area contributed by atoms with Crippen LogP contribution in [0.1, 0.15) is 12.0 Å². The molecule has 0 bridgehead atoms. The van der Waals surface area contributed by atoms with E-state index in [1.54, 1.807) is 24.3 Å². The van der Waals surface area contributed by atoms with Crippen molar-refractivity contribution >= 4 is 15.6 Å². The minimum Gasteiger partial charge on any atom is -0.212 e. The van der Waals surface area contributed by atoms with Crippen LogP contribution in [0.15, 0.2) is 30.3 Å². The standard InChI is InChI=1S/C12H14FNO2S/c1-17(15,16)14-8-6-10(7-9-14)11-4-2-3-5-12(11)13/h2-6H,7-9H2,1H3. The molecule has 0 amide bonds. The van der Waals surface area contributed by atoms with E-state index in [0.29, 0.717) is 25.1 Å². The van der Waals surface area contributed by atoms with E-state index in [1.807, 2.05) is 0 Å². The zero-order valence-electron chi connectivity index (χ0n) is 9.56. The SMILES string of the molecule is CS(=O)(=O)N1CC=C(c2ccccc2F)CC1. The Morgan fingerprint density at radius 1 is 1.29 bits per heavy atom. The molecule has 1 heterocycles. The van der Waals surface area contributed by atoms with Gasteiger partial charge in [0.2, 0.25) is 10.0 Å². The second kappa shape index (κ2) is 4.58. The summed E-state index contributed by atoms with van der Waals surface area (Å²) in [5.41, 5.74) is 1.45. The molecule has 1 aromatic rings. The van der Waals surface area contributed by atoms with E-state index in [1.165, 1.54) is 16.6 Å². The Morgan fingerprint density at radius 2 is 2.00 bits per heavy atom. The number of rotatable bonds is 2. The highest BCUT2D eigenvalue weighted by Crippen LogP contribution is 2.25. The van der Waals surface area contributed by atoms with Gasteiger partial charge in [0.1, 0.15) is 5.82 Å². The molecule has 92 valence electrons. The molecular weight excluding hydrogens is 241 g/mol. The van der Waals surface area contributed by atoms with Gasteiger partial charge in [-0.3, -0.25) is 0 Å². The third-order valence-corrected chi connectivity index (χ3v) is 4.13. The van der Waals surface area contributed by atoms with Gasteiger partial charge >= 0.3 is 0 Å². The van der Waals surface area contributed by atoms with Crippen molar-refractivity contribution in [1.82, 2.24) is 4.31 Å². The second-order valence-electron chi connectivity index (χ2n) is 4.08. The van der Waals surface area contributed by atoms with Crippen LogP contribution in [0.3, 0.4) is 0 Å². The lowest BCUT2D eigenvalue weighted by Crippen LogP contribution is -2.33. The number of hydrogen-bond donors (Lipinski definition) is 0. The van der Waals surface area contributed by atoms with Crippen molar-refractivity contribution in [3.8, 4) is 0 Å². The maximum absolute atomic E-state index is 13.5. The minimum absolute atomic E-state index is 0.258. The molecule has 0 fully saturated rings. The highest BCUT2D eigenvalue weighted by Gasteiger charge is 2.20. The van der Waals surface area contributed by atoms with Gasteiger partial charge in [0.15, 0.2) is 0 Å². The van der Waals surface area contributed by atoms with E-state index in [0.717, 1.165) is 5.57 Å². The fourth-order valence-electron chi connectivity index (χ4n) is 1.92. The lowest BCUT2D eigenvalue weighted by Gasteiger charge is -2.24. The van der Waals surface area contributed by atoms with Gasteiger partial charge in [0, 0.05) is 18.7 Å². The summed E-state index contributed by atoms with van der Waals surface area (Å²) in [6.07, 6.45) is 3.52. The Labute approximate surface area is 101 Å². The van der Waals surface area contributed by atoms with Crippen LogP contribution in [-0.4, -0.2) is 32.1 Å². The van der Waals surface area contributed by atoms with Crippen molar-refractivity contribution in [2.45, 2.75) is 6.42 Å². The molecule has 3 nitrogen and oxygen atoms in total. The van der Waals surface area contributed by atoms with Crippen LogP contribution in [0.5, 0.6) is 0 Å². The van der Waals surface area contributed by atoms with Crippen LogP contribution >= 0.6 is 0 Å². The Morgan fingerprint density at radius 3 is 2.53 bits per heavy atom. The Kier molecular flexibility index (Phi) is 3.31. The van der Waals surface area contributed by atoms with Crippen LogP contribution in [0.4, 0.5) is 4.39 Å². The van der Waals surface area contributed by atoms with Gasteiger partial charge < -0.3 is 0 Å². The molecule has 0 atom stereocenters. The summed E-state index contributed by atoms with van der Waals surface area (Å²) in [6.45, 7) is 0.738. The molecule has 0 aromatic heterocycles. The molecule has 0 aliphatic carbocycles. The predicted octanol–water partition coefficient (Wildman–Crippen LogP) is 1.87. The maximum atomic E-state index is 13.5. The zero-order chi connectivity index (χ0) is 12.5. The Balaban J connectivity index is 2.23. The summed E-state index contributed by atoms with van der Waals surface area (Å²) in [6, 6.07) is 6.56. The van der Waals surface area contributed by atoms with Crippen molar-refractivity contribution in [3.63, 3.8) is 0 Å². The number of benzene rings is 1. The third-order valence-electron chi connectivity index (χ3n) is 2.86. The van der Waals surface area contributed by atoms with E-state index < -0.39 is 10.0 Å². The highest BCUT2D eigenvalue weighted by molar-refractivity contribution is 7.88. The van der Waals surface area contributed by atoms with Gasteiger partial charge in [0.25, 0.3) is 0 Å². The van der Waals surface area contributed by atoms with Crippen LogP contribution < -0.4 is 0 Å². The van der Waals surface area contributed by atoms with E-state index in [9.17, 15) is 12.8 Å². The van der Waals surface area contributed by atoms with Crippen LogP contribution in [-0.2, 0) is 10.0 Å². The second-order valence-corrected chi connectivity index (χ2v) is 6.06. The van der Waals surface area contributed by atoms with E-state index in [4.69, 9.17) is 0 Å². The largest absolute Gasteiger partial charge is 0.212 e. The summed E-state index contributed by atoms with van der Waals surface area (Å²) in [4.78, 5) is 0. The molecule has 0 unspecified atom stereocenters. The van der Waals surface area contributed by atoms with Gasteiger partial charge in [0.05, 0.1) is 6.26 Å². The molecule has 1 aliphatic heterocycles. The summed E-state index contributed by atoms with van der Waals surface area (Å²) < 4.78 is 37.6. The smallest absolute Gasteiger partial charge is 0.211 e. The lowest BCUT2D eigenvalue weighted by molar-refractivity contribution is 0.445. The summed E-state index contributed by atoms with van der Waals surface area (Å²) in [7, 11) is -3.15. The van der Waals surface area contributed by atoms with Gasteiger partial charge in [-0.1, -0.05) is 24.3 Å². The van der Waals surface area contributed by atoms with Crippen molar-refractivity contribution in [2.75, 3.05) is 19.3 Å². The van der Waals surface area contributed by atoms with Crippen molar-refractivity contribution in [2.24, 2.45) is 0 Å². The van der Waals surface area contributed by atoms with Gasteiger partial charge in [-0.25, -0.2) is 12.8 Å². The predicted molar refractivity (Wildman–Crippen MR) is 65.4 cm³/mol. The Bertz CT molecular complexity index is 551. The first-order chi connectivity index (χ1) is 7.98. The van der Waals surface area contributed by atoms with E-state index >= 15 is 0 Å². The first-order valence-corrected chi connectivity index (χ1v) is 7.22. The molecule has 5 heteroatoms. The molecule has 1 aliphatic rings. The maximum Gasteiger partial charge on any atom is 0.211 e. The van der Waals surface area contributed by atoms with Crippen LogP contribution in [0.2, 0.25) is 0 Å². The van der Waals surface area contributed by atoms with Crippen molar-refractivity contribution in [3.05, 3.63) is 41.7 Å². The average Bonchev–Trinajstić information content (AvgIpc) is 2.29. The average molecular weight is 255 g/mol.